The summed E-state index contributed by atoms with van der Waals surface area (Å²) in [4.78, 5) is 11.4. The van der Waals surface area contributed by atoms with Gasteiger partial charge in [0.25, 0.3) is 0 Å². The van der Waals surface area contributed by atoms with E-state index in [9.17, 15) is 9.90 Å². The normalized spacial score (nSPS) is 14.4. The molecule has 0 atom stereocenters. The molecule has 0 heterocycles. The molecule has 0 saturated heterocycles. The van der Waals surface area contributed by atoms with Crippen LogP contribution in [0.2, 0.25) is 19.6 Å². The fraction of sp³-hybridized carbons (Fsp3) is 0.769. The van der Waals surface area contributed by atoms with Crippen molar-refractivity contribution in [3.05, 3.63) is 11.3 Å². The van der Waals surface area contributed by atoms with Crippen LogP contribution in [0, 0.1) is 17.8 Å². The number of hydrogen-bond donors (Lipinski definition) is 1. The van der Waals surface area contributed by atoms with Gasteiger partial charge in [-0.15, -0.1) is 0 Å². The average Bonchev–Trinajstić information content (AvgIpc) is 2.12. The maximum Gasteiger partial charge on any atom is 0.331 e. The van der Waals surface area contributed by atoms with Crippen LogP contribution < -0.4 is 0 Å². The molecular weight excluding hydrogens is 260 g/mol. The largest absolute Gasteiger partial charge is 0.478 e. The molecule has 18 heavy (non-hydrogen) atoms. The summed E-state index contributed by atoms with van der Waals surface area (Å²) in [5.41, 5.74) is 2.45. The molecule has 0 aromatic heterocycles. The van der Waals surface area contributed by atoms with E-state index in [1.165, 1.54) is 0 Å². The quantitative estimate of drug-likeness (QED) is 0.579. The topological polar surface area (TPSA) is 46.5 Å². The van der Waals surface area contributed by atoms with Crippen LogP contribution in [0.3, 0.4) is 0 Å². The Morgan fingerprint density at radius 2 is 1.61 bits per heavy atom. The highest BCUT2D eigenvalue weighted by atomic mass is 28.4. The molecule has 0 aromatic carbocycles. The van der Waals surface area contributed by atoms with Gasteiger partial charge in [-0.3, -0.25) is 0 Å². The zero-order valence-electron chi connectivity index (χ0n) is 12.8. The summed E-state index contributed by atoms with van der Waals surface area (Å²) >= 11 is 0. The lowest BCUT2D eigenvalue weighted by molar-refractivity contribution is -0.133. The second-order valence-corrected chi connectivity index (χ2v) is 12.5. The van der Waals surface area contributed by atoms with E-state index in [0.717, 1.165) is 0 Å². The van der Waals surface area contributed by atoms with E-state index < -0.39 is 24.0 Å². The monoisotopic (exact) mass is 288 g/mol. The lowest BCUT2D eigenvalue weighted by Gasteiger charge is -2.26. The van der Waals surface area contributed by atoms with E-state index in [1.54, 1.807) is 0 Å². The molecule has 0 spiro atoms. The van der Waals surface area contributed by atoms with E-state index in [0.29, 0.717) is 17.4 Å². The minimum Gasteiger partial charge on any atom is -0.478 e. The maximum absolute atomic E-state index is 11.4. The first-order valence-corrected chi connectivity index (χ1v) is 11.4. The molecule has 0 fully saturated rings. The predicted molar refractivity (Wildman–Crippen MR) is 81.9 cm³/mol. The van der Waals surface area contributed by atoms with E-state index in [4.69, 9.17) is 4.12 Å². The molecule has 0 saturated carbocycles. The van der Waals surface area contributed by atoms with Crippen LogP contribution in [0.5, 0.6) is 0 Å². The first-order valence-electron chi connectivity index (χ1n) is 6.63. The lowest BCUT2D eigenvalue weighted by atomic mass is 9.80. The first-order chi connectivity index (χ1) is 8.06. The number of carboxylic acid groups (broad SMARTS) is 1. The molecule has 0 aliphatic carbocycles. The van der Waals surface area contributed by atoms with E-state index in [2.05, 4.69) is 47.3 Å². The highest BCUT2D eigenvalue weighted by molar-refractivity contribution is 6.74. The number of carbonyl (C=O) groups is 1. The van der Waals surface area contributed by atoms with Gasteiger partial charge in [0.15, 0.2) is 18.1 Å². The highest BCUT2D eigenvalue weighted by Crippen LogP contribution is 2.28. The van der Waals surface area contributed by atoms with Crippen molar-refractivity contribution in [2.24, 2.45) is 17.8 Å². The van der Waals surface area contributed by atoms with Gasteiger partial charge in [0.1, 0.15) is 0 Å². The fourth-order valence-corrected chi connectivity index (χ4v) is 5.20. The second kappa shape index (κ2) is 7.26. The summed E-state index contributed by atoms with van der Waals surface area (Å²) in [6, 6.07) is 0. The number of aliphatic carboxylic acids is 1. The Morgan fingerprint density at radius 3 is 1.89 bits per heavy atom. The minimum atomic E-state index is -1.52. The highest BCUT2D eigenvalue weighted by Gasteiger charge is 2.26. The van der Waals surface area contributed by atoms with Crippen LogP contribution in [0.1, 0.15) is 27.7 Å². The van der Waals surface area contributed by atoms with Crippen molar-refractivity contribution in [3.8, 4) is 0 Å². The molecule has 0 rings (SSSR count). The first kappa shape index (κ1) is 17.6. The van der Waals surface area contributed by atoms with Crippen molar-refractivity contribution in [1.82, 2.24) is 0 Å². The molecule has 1 N–H and O–H groups in total. The summed E-state index contributed by atoms with van der Waals surface area (Å²) in [5, 5.41) is 9.38. The van der Waals surface area contributed by atoms with Gasteiger partial charge in [0.05, 0.1) is 0 Å². The Balaban J connectivity index is 4.94. The Morgan fingerprint density at radius 1 is 1.17 bits per heavy atom. The Labute approximate surface area is 115 Å². The Bertz CT molecular complexity index is 296. The lowest BCUT2D eigenvalue weighted by Crippen LogP contribution is -2.28. The van der Waals surface area contributed by atoms with Gasteiger partial charge in [0, 0.05) is 5.57 Å². The van der Waals surface area contributed by atoms with Crippen LogP contribution in [-0.4, -0.2) is 29.2 Å². The van der Waals surface area contributed by atoms with Crippen LogP contribution in [-0.2, 0) is 8.91 Å². The maximum atomic E-state index is 11.4. The predicted octanol–water partition coefficient (Wildman–Crippen LogP) is 2.82. The summed E-state index contributed by atoms with van der Waals surface area (Å²) in [5.74, 6) is 0.00998. The van der Waals surface area contributed by atoms with Gasteiger partial charge >= 0.3 is 5.97 Å². The third-order valence-corrected chi connectivity index (χ3v) is 7.60. The molecule has 0 bridgehead atoms. The molecular formula is C13H28O3Si2. The van der Waals surface area contributed by atoms with Gasteiger partial charge in [-0.1, -0.05) is 33.4 Å². The van der Waals surface area contributed by atoms with E-state index >= 15 is 0 Å². The van der Waals surface area contributed by atoms with Crippen LogP contribution in [0.25, 0.3) is 0 Å². The molecule has 5 heteroatoms. The van der Waals surface area contributed by atoms with Gasteiger partial charge in [-0.25, -0.2) is 4.79 Å². The van der Waals surface area contributed by atoms with Crippen molar-refractivity contribution in [1.29, 1.82) is 0 Å². The SMILES string of the molecule is CC(C)C(C(=C[SiH2]O[Si](C)(C)C)C(=O)O)C(C)C. The van der Waals surface area contributed by atoms with Crippen LogP contribution >= 0.6 is 0 Å². The molecule has 0 aliphatic heterocycles. The van der Waals surface area contributed by atoms with Crippen molar-refractivity contribution < 1.29 is 14.0 Å². The zero-order chi connectivity index (χ0) is 14.5. The summed E-state index contributed by atoms with van der Waals surface area (Å²) in [6.45, 7) is 14.7. The molecule has 0 aromatic rings. The molecule has 0 amide bonds. The van der Waals surface area contributed by atoms with Gasteiger partial charge < -0.3 is 9.22 Å². The minimum absolute atomic E-state index is 0.111. The van der Waals surface area contributed by atoms with Crippen molar-refractivity contribution in [2.45, 2.75) is 47.3 Å². The fourth-order valence-electron chi connectivity index (χ4n) is 2.24. The standard InChI is InChI=1S/C13H28O3Si2/c1-9(2)12(10(3)4)11(13(14)15)8-17-16-18(5,6)7/h8-10,12H,17H2,1-7H3,(H,14,15). The van der Waals surface area contributed by atoms with Crippen LogP contribution in [0.15, 0.2) is 11.3 Å². The Hall–Kier alpha value is -0.396. The average molecular weight is 289 g/mol. The molecule has 0 unspecified atom stereocenters. The molecule has 0 aliphatic rings. The van der Waals surface area contributed by atoms with E-state index in [1.807, 2.05) is 5.70 Å². The van der Waals surface area contributed by atoms with Crippen LogP contribution in [0.4, 0.5) is 0 Å². The van der Waals surface area contributed by atoms with Crippen molar-refractivity contribution >= 4 is 24.0 Å². The number of carboxylic acids is 1. The third kappa shape index (κ3) is 6.51. The van der Waals surface area contributed by atoms with Crippen molar-refractivity contribution in [3.63, 3.8) is 0 Å². The molecule has 3 nitrogen and oxygen atoms in total. The van der Waals surface area contributed by atoms with Gasteiger partial charge in [-0.05, 0) is 37.4 Å². The smallest absolute Gasteiger partial charge is 0.331 e. The number of rotatable bonds is 7. The van der Waals surface area contributed by atoms with E-state index in [-0.39, 0.29) is 5.92 Å². The zero-order valence-corrected chi connectivity index (χ0v) is 15.2. The Kier molecular flexibility index (Phi) is 7.10. The third-order valence-electron chi connectivity index (χ3n) is 2.86. The van der Waals surface area contributed by atoms with Gasteiger partial charge in [-0.2, -0.15) is 0 Å². The second-order valence-electron chi connectivity index (χ2n) is 6.40. The molecule has 106 valence electrons. The van der Waals surface area contributed by atoms with Gasteiger partial charge in [0.2, 0.25) is 0 Å². The molecule has 0 radical (unpaired) electrons. The van der Waals surface area contributed by atoms with Crippen molar-refractivity contribution in [2.75, 3.05) is 0 Å². The number of hydrogen-bond acceptors (Lipinski definition) is 2. The summed E-state index contributed by atoms with van der Waals surface area (Å²) in [6.07, 6.45) is 0. The summed E-state index contributed by atoms with van der Waals surface area (Å²) in [7, 11) is -2.39. The summed E-state index contributed by atoms with van der Waals surface area (Å²) < 4.78 is 5.86.